The Hall–Kier alpha value is -1.10. The second-order valence-corrected chi connectivity index (χ2v) is 3.77. The van der Waals surface area contributed by atoms with E-state index in [4.69, 9.17) is 5.84 Å². The van der Waals surface area contributed by atoms with Crippen molar-refractivity contribution in [3.8, 4) is 0 Å². The second-order valence-electron chi connectivity index (χ2n) is 3.77. The van der Waals surface area contributed by atoms with Gasteiger partial charge in [0.1, 0.15) is 0 Å². The Morgan fingerprint density at radius 2 is 1.86 bits per heavy atom. The number of rotatable bonds is 2. The molecule has 0 heterocycles. The summed E-state index contributed by atoms with van der Waals surface area (Å²) in [5, 5.41) is 2.76. The molecule has 0 bridgehead atoms. The van der Waals surface area contributed by atoms with Crippen LogP contribution in [0.4, 0.5) is 0 Å². The topological polar surface area (TPSA) is 84.2 Å². The maximum atomic E-state index is 11.3. The van der Waals surface area contributed by atoms with E-state index in [9.17, 15) is 9.59 Å². The predicted molar refractivity (Wildman–Crippen MR) is 52.0 cm³/mol. The molecule has 0 aromatic rings. The van der Waals surface area contributed by atoms with Crippen molar-refractivity contribution in [2.45, 2.75) is 44.6 Å². The van der Waals surface area contributed by atoms with Gasteiger partial charge in [-0.3, -0.25) is 15.0 Å². The summed E-state index contributed by atoms with van der Waals surface area (Å²) in [6.07, 6.45) is 4.98. The van der Waals surface area contributed by atoms with Gasteiger partial charge in [0.25, 0.3) is 0 Å². The molecule has 0 aromatic carbocycles. The van der Waals surface area contributed by atoms with E-state index in [-0.39, 0.29) is 5.54 Å². The van der Waals surface area contributed by atoms with Crippen molar-refractivity contribution in [2.75, 3.05) is 0 Å². The van der Waals surface area contributed by atoms with E-state index in [1.165, 1.54) is 0 Å². The fourth-order valence-electron chi connectivity index (χ4n) is 1.98. The van der Waals surface area contributed by atoms with Crippen LogP contribution in [0, 0.1) is 0 Å². The molecular formula is C9H17N3O2. The Labute approximate surface area is 83.4 Å². The molecule has 0 atom stereocenters. The van der Waals surface area contributed by atoms with E-state index in [1.807, 2.05) is 12.3 Å². The number of amides is 2. The van der Waals surface area contributed by atoms with Gasteiger partial charge in [-0.25, -0.2) is 5.84 Å². The zero-order chi connectivity index (χ0) is 10.6. The normalized spacial score (nSPS) is 19.0. The number of nitrogens with two attached hydrogens (primary N) is 1. The average Bonchev–Trinajstić information content (AvgIpc) is 2.65. The van der Waals surface area contributed by atoms with Crippen LogP contribution < -0.4 is 16.6 Å². The fraction of sp³-hybridized carbons (Fsp3) is 0.778. The Morgan fingerprint density at radius 3 is 2.29 bits per heavy atom. The minimum Gasteiger partial charge on any atom is -0.342 e. The Balaban J connectivity index is 2.56. The lowest BCUT2D eigenvalue weighted by molar-refractivity contribution is -0.140. The van der Waals surface area contributed by atoms with Gasteiger partial charge in [0.15, 0.2) is 0 Å². The van der Waals surface area contributed by atoms with Crippen LogP contribution in [0.3, 0.4) is 0 Å². The summed E-state index contributed by atoms with van der Waals surface area (Å²) in [6, 6.07) is 0. The van der Waals surface area contributed by atoms with Crippen LogP contribution in [0.25, 0.3) is 0 Å². The number of carbonyl (C=O) groups is 2. The lowest BCUT2D eigenvalue weighted by Gasteiger charge is -2.28. The first kappa shape index (κ1) is 11.0. The van der Waals surface area contributed by atoms with Gasteiger partial charge in [0.2, 0.25) is 0 Å². The first-order valence-electron chi connectivity index (χ1n) is 4.96. The van der Waals surface area contributed by atoms with Gasteiger partial charge >= 0.3 is 11.8 Å². The van der Waals surface area contributed by atoms with Crippen molar-refractivity contribution in [2.24, 2.45) is 5.84 Å². The molecule has 0 aromatic heterocycles. The zero-order valence-corrected chi connectivity index (χ0v) is 8.43. The molecular weight excluding hydrogens is 182 g/mol. The van der Waals surface area contributed by atoms with Crippen molar-refractivity contribution in [1.82, 2.24) is 10.7 Å². The molecule has 2 amide bonds. The number of hydrazine groups is 1. The molecule has 14 heavy (non-hydrogen) atoms. The standard InChI is InChI=1S/C9H17N3O2/c1-2-9(5-3-4-6-9)11-7(13)8(14)12-10/h2-6,10H2,1H3,(H,11,13)(H,12,14). The first-order chi connectivity index (χ1) is 6.63. The summed E-state index contributed by atoms with van der Waals surface area (Å²) in [5.74, 6) is 3.47. The largest absolute Gasteiger partial charge is 0.342 e. The molecule has 1 fully saturated rings. The molecule has 0 unspecified atom stereocenters. The third-order valence-corrected chi connectivity index (χ3v) is 2.95. The molecule has 4 N–H and O–H groups in total. The molecule has 0 spiro atoms. The molecule has 1 aliphatic carbocycles. The average molecular weight is 199 g/mol. The van der Waals surface area contributed by atoms with Gasteiger partial charge in [-0.1, -0.05) is 19.8 Å². The molecule has 80 valence electrons. The third-order valence-electron chi connectivity index (χ3n) is 2.95. The minimum atomic E-state index is -0.773. The molecule has 1 rings (SSSR count). The molecule has 1 saturated carbocycles. The predicted octanol–water partition coefficient (Wildman–Crippen LogP) is -0.185. The monoisotopic (exact) mass is 199 g/mol. The highest BCUT2D eigenvalue weighted by Gasteiger charge is 2.34. The minimum absolute atomic E-state index is 0.177. The quantitative estimate of drug-likeness (QED) is 0.249. The van der Waals surface area contributed by atoms with Gasteiger partial charge < -0.3 is 5.32 Å². The van der Waals surface area contributed by atoms with Crippen LogP contribution >= 0.6 is 0 Å². The van der Waals surface area contributed by atoms with Gasteiger partial charge in [0.05, 0.1) is 0 Å². The van der Waals surface area contributed by atoms with Crippen LogP contribution in [0.2, 0.25) is 0 Å². The lowest BCUT2D eigenvalue weighted by Crippen LogP contribution is -2.52. The number of hydrogen-bond donors (Lipinski definition) is 3. The van der Waals surface area contributed by atoms with Crippen molar-refractivity contribution >= 4 is 11.8 Å². The number of carbonyl (C=O) groups excluding carboxylic acids is 2. The van der Waals surface area contributed by atoms with Crippen molar-refractivity contribution in [3.05, 3.63) is 0 Å². The van der Waals surface area contributed by atoms with Crippen LogP contribution in [0.1, 0.15) is 39.0 Å². The van der Waals surface area contributed by atoms with E-state index >= 15 is 0 Å². The third kappa shape index (κ3) is 2.23. The second kappa shape index (κ2) is 4.41. The van der Waals surface area contributed by atoms with E-state index in [0.29, 0.717) is 0 Å². The smallest absolute Gasteiger partial charge is 0.323 e. The molecule has 5 nitrogen and oxygen atoms in total. The Kier molecular flexibility index (Phi) is 3.46. The summed E-state index contributed by atoms with van der Waals surface area (Å²) >= 11 is 0. The summed E-state index contributed by atoms with van der Waals surface area (Å²) in [5.41, 5.74) is 1.65. The number of nitrogens with one attached hydrogen (secondary N) is 2. The molecule has 5 heteroatoms. The van der Waals surface area contributed by atoms with E-state index in [1.54, 1.807) is 0 Å². The van der Waals surface area contributed by atoms with Crippen LogP contribution in [0.5, 0.6) is 0 Å². The van der Waals surface area contributed by atoms with Crippen molar-refractivity contribution in [1.29, 1.82) is 0 Å². The van der Waals surface area contributed by atoms with E-state index in [2.05, 4.69) is 5.32 Å². The maximum Gasteiger partial charge on any atom is 0.323 e. The molecule has 0 aliphatic heterocycles. The van der Waals surface area contributed by atoms with Crippen LogP contribution in [-0.4, -0.2) is 17.4 Å². The molecule has 1 aliphatic rings. The first-order valence-corrected chi connectivity index (χ1v) is 4.96. The van der Waals surface area contributed by atoms with E-state index < -0.39 is 11.8 Å². The maximum absolute atomic E-state index is 11.3. The Morgan fingerprint density at radius 1 is 1.29 bits per heavy atom. The fourth-order valence-corrected chi connectivity index (χ4v) is 1.98. The lowest BCUT2D eigenvalue weighted by atomic mass is 9.94. The molecule has 0 radical (unpaired) electrons. The highest BCUT2D eigenvalue weighted by molar-refractivity contribution is 6.35. The van der Waals surface area contributed by atoms with Gasteiger partial charge in [-0.2, -0.15) is 0 Å². The highest BCUT2D eigenvalue weighted by Crippen LogP contribution is 2.32. The SMILES string of the molecule is CCC1(NC(=O)C(=O)NN)CCCC1. The summed E-state index contributed by atoms with van der Waals surface area (Å²) < 4.78 is 0. The summed E-state index contributed by atoms with van der Waals surface area (Å²) in [7, 11) is 0. The number of hydrogen-bond acceptors (Lipinski definition) is 3. The Bertz CT molecular complexity index is 234. The van der Waals surface area contributed by atoms with E-state index in [0.717, 1.165) is 32.1 Å². The van der Waals surface area contributed by atoms with Gasteiger partial charge in [0, 0.05) is 5.54 Å². The van der Waals surface area contributed by atoms with Crippen LogP contribution in [-0.2, 0) is 9.59 Å². The van der Waals surface area contributed by atoms with Crippen molar-refractivity contribution in [3.63, 3.8) is 0 Å². The van der Waals surface area contributed by atoms with Crippen LogP contribution in [0.15, 0.2) is 0 Å². The van der Waals surface area contributed by atoms with Crippen molar-refractivity contribution < 1.29 is 9.59 Å². The van der Waals surface area contributed by atoms with Gasteiger partial charge in [-0.15, -0.1) is 0 Å². The zero-order valence-electron chi connectivity index (χ0n) is 8.43. The van der Waals surface area contributed by atoms with Gasteiger partial charge in [-0.05, 0) is 19.3 Å². The summed E-state index contributed by atoms with van der Waals surface area (Å²) in [6.45, 7) is 2.02. The highest BCUT2D eigenvalue weighted by atomic mass is 16.2. The molecule has 0 saturated heterocycles. The summed E-state index contributed by atoms with van der Waals surface area (Å²) in [4.78, 5) is 22.2.